The molecule has 0 radical (unpaired) electrons. The summed E-state index contributed by atoms with van der Waals surface area (Å²) >= 11 is 0. The average Bonchev–Trinajstić information content (AvgIpc) is 2.63. The molecule has 0 aliphatic carbocycles. The summed E-state index contributed by atoms with van der Waals surface area (Å²) in [4.78, 5) is 29.3. The number of carbonyl (C=O) groups excluding carboxylic acids is 1. The molecule has 1 N–H and O–H groups in total. The van der Waals surface area contributed by atoms with E-state index in [0.29, 0.717) is 5.75 Å². The number of halogens is 1. The quantitative estimate of drug-likeness (QED) is 0.921. The Hall–Kier alpha value is -2.96. The fraction of sp³-hybridized carbons (Fsp3) is 0.278. The summed E-state index contributed by atoms with van der Waals surface area (Å²) in [6.07, 6.45) is 2.57. The van der Waals surface area contributed by atoms with Crippen molar-refractivity contribution in [1.82, 2.24) is 9.88 Å². The van der Waals surface area contributed by atoms with Crippen molar-refractivity contribution >= 4 is 11.9 Å². The molecule has 0 unspecified atom stereocenters. The van der Waals surface area contributed by atoms with Crippen LogP contribution < -0.4 is 4.74 Å². The highest BCUT2D eigenvalue weighted by molar-refractivity contribution is 5.94. The van der Waals surface area contributed by atoms with Gasteiger partial charge in [-0.1, -0.05) is 18.2 Å². The van der Waals surface area contributed by atoms with E-state index in [2.05, 4.69) is 4.98 Å². The lowest BCUT2D eigenvalue weighted by Gasteiger charge is -2.38. The van der Waals surface area contributed by atoms with Gasteiger partial charge < -0.3 is 14.7 Å². The van der Waals surface area contributed by atoms with Crippen molar-refractivity contribution in [2.45, 2.75) is 18.4 Å². The van der Waals surface area contributed by atoms with E-state index in [-0.39, 0.29) is 31.5 Å². The van der Waals surface area contributed by atoms with E-state index >= 15 is 0 Å². The summed E-state index contributed by atoms with van der Waals surface area (Å²) in [5, 5.41) is 9.64. The van der Waals surface area contributed by atoms with Crippen molar-refractivity contribution in [2.24, 2.45) is 0 Å². The van der Waals surface area contributed by atoms with Crippen LogP contribution >= 0.6 is 0 Å². The molecule has 1 saturated heterocycles. The number of pyridine rings is 1. The fourth-order valence-electron chi connectivity index (χ4n) is 2.86. The number of carboxylic acid groups (broad SMARTS) is 1. The highest BCUT2D eigenvalue weighted by atomic mass is 19.1. The topological polar surface area (TPSA) is 79.7 Å². The Kier molecular flexibility index (Phi) is 4.65. The normalized spacial score (nSPS) is 16.3. The van der Waals surface area contributed by atoms with Crippen LogP contribution in [0.3, 0.4) is 0 Å². The summed E-state index contributed by atoms with van der Waals surface area (Å²) in [5.74, 6) is -1.77. The molecule has 1 aromatic heterocycles. The molecule has 1 fully saturated rings. The van der Waals surface area contributed by atoms with Crippen molar-refractivity contribution in [2.75, 3.05) is 13.1 Å². The molecule has 6 nitrogen and oxygen atoms in total. The minimum Gasteiger partial charge on any atom is -0.478 e. The number of piperidine rings is 1. The second-order valence-corrected chi connectivity index (χ2v) is 5.86. The number of amides is 1. The summed E-state index contributed by atoms with van der Waals surface area (Å²) in [5.41, 5.74) is -1.46. The minimum atomic E-state index is -1.39. The van der Waals surface area contributed by atoms with Crippen LogP contribution in [-0.2, 0) is 4.79 Å². The van der Waals surface area contributed by atoms with Crippen molar-refractivity contribution in [3.8, 4) is 5.75 Å². The minimum absolute atomic E-state index is 0.0678. The van der Waals surface area contributed by atoms with Gasteiger partial charge in [-0.2, -0.15) is 0 Å². The maximum Gasteiger partial charge on any atom is 0.348 e. The van der Waals surface area contributed by atoms with Crippen LogP contribution in [0.1, 0.15) is 23.2 Å². The summed E-state index contributed by atoms with van der Waals surface area (Å²) in [6, 6.07) is 10.0. The molecule has 1 aliphatic heterocycles. The molecule has 2 heterocycles. The third-order valence-electron chi connectivity index (χ3n) is 4.31. The number of carbonyl (C=O) groups is 2. The van der Waals surface area contributed by atoms with Crippen LogP contribution in [0.5, 0.6) is 5.75 Å². The number of nitrogens with zero attached hydrogens (tertiary/aromatic N) is 2. The number of ether oxygens (including phenoxy) is 1. The molecule has 7 heteroatoms. The number of hydrogen-bond donors (Lipinski definition) is 1. The Morgan fingerprint density at radius 1 is 1.16 bits per heavy atom. The predicted octanol–water partition coefficient (Wildman–Crippen LogP) is 2.36. The molecule has 2 aromatic rings. The Morgan fingerprint density at radius 2 is 1.84 bits per heavy atom. The smallest absolute Gasteiger partial charge is 0.348 e. The molecule has 3 rings (SSSR count). The summed E-state index contributed by atoms with van der Waals surface area (Å²) in [7, 11) is 0. The van der Waals surface area contributed by atoms with E-state index in [4.69, 9.17) is 4.74 Å². The average molecular weight is 344 g/mol. The van der Waals surface area contributed by atoms with Crippen molar-refractivity contribution < 1.29 is 23.8 Å². The van der Waals surface area contributed by atoms with Gasteiger partial charge in [0.1, 0.15) is 5.75 Å². The maximum absolute atomic E-state index is 13.7. The van der Waals surface area contributed by atoms with Crippen LogP contribution in [0.4, 0.5) is 4.39 Å². The third kappa shape index (κ3) is 3.45. The Labute approximate surface area is 143 Å². The van der Waals surface area contributed by atoms with E-state index in [9.17, 15) is 19.1 Å². The first-order valence-electron chi connectivity index (χ1n) is 7.88. The van der Waals surface area contributed by atoms with Crippen LogP contribution in [0.25, 0.3) is 0 Å². The first-order chi connectivity index (χ1) is 12.0. The predicted molar refractivity (Wildman–Crippen MR) is 86.8 cm³/mol. The lowest BCUT2D eigenvalue weighted by Crippen LogP contribution is -2.54. The molecule has 0 bridgehead atoms. The van der Waals surface area contributed by atoms with E-state index < -0.39 is 23.3 Å². The summed E-state index contributed by atoms with van der Waals surface area (Å²) in [6.45, 7) is 0.333. The van der Waals surface area contributed by atoms with E-state index in [1.807, 2.05) is 6.07 Å². The van der Waals surface area contributed by atoms with Gasteiger partial charge in [0, 0.05) is 32.1 Å². The zero-order valence-corrected chi connectivity index (χ0v) is 13.4. The highest BCUT2D eigenvalue weighted by Crippen LogP contribution is 2.30. The number of aliphatic carboxylic acids is 1. The number of aromatic nitrogens is 1. The van der Waals surface area contributed by atoms with Gasteiger partial charge in [-0.05, 0) is 18.2 Å². The first-order valence-corrected chi connectivity index (χ1v) is 7.88. The van der Waals surface area contributed by atoms with Gasteiger partial charge in [-0.25, -0.2) is 9.18 Å². The number of rotatable bonds is 4. The number of hydrogen-bond acceptors (Lipinski definition) is 4. The number of likely N-dealkylation sites (tertiary alicyclic amines) is 1. The number of benzene rings is 1. The van der Waals surface area contributed by atoms with Gasteiger partial charge in [0.15, 0.2) is 5.82 Å². The zero-order chi connectivity index (χ0) is 17.9. The number of para-hydroxylation sites is 1. The molecule has 130 valence electrons. The van der Waals surface area contributed by atoms with Crippen molar-refractivity contribution in [1.29, 1.82) is 0 Å². The second kappa shape index (κ2) is 6.88. The SMILES string of the molecule is O=C(c1ccncc1F)N1CCC(Oc2ccccc2)(C(=O)O)CC1. The molecule has 0 saturated carbocycles. The van der Waals surface area contributed by atoms with E-state index in [0.717, 1.165) is 6.20 Å². The third-order valence-corrected chi connectivity index (χ3v) is 4.31. The standard InChI is InChI=1S/C18H17FN2O4/c19-15-12-20-9-6-14(15)16(22)21-10-7-18(8-11-21,17(23)24)25-13-4-2-1-3-5-13/h1-6,9,12H,7-8,10-11H2,(H,23,24). The van der Waals surface area contributed by atoms with Gasteiger partial charge in [0.05, 0.1) is 11.8 Å². The molecule has 0 atom stereocenters. The van der Waals surface area contributed by atoms with Crippen LogP contribution in [0, 0.1) is 5.82 Å². The van der Waals surface area contributed by atoms with Crippen LogP contribution in [0.2, 0.25) is 0 Å². The Morgan fingerprint density at radius 3 is 2.44 bits per heavy atom. The van der Waals surface area contributed by atoms with Gasteiger partial charge in [0.25, 0.3) is 5.91 Å². The summed E-state index contributed by atoms with van der Waals surface area (Å²) < 4.78 is 19.5. The monoisotopic (exact) mass is 344 g/mol. The molecular weight excluding hydrogens is 327 g/mol. The first kappa shape index (κ1) is 16.9. The lowest BCUT2D eigenvalue weighted by molar-refractivity contribution is -0.159. The zero-order valence-electron chi connectivity index (χ0n) is 13.4. The van der Waals surface area contributed by atoms with Gasteiger partial charge in [0.2, 0.25) is 5.60 Å². The lowest BCUT2D eigenvalue weighted by atomic mass is 9.90. The molecule has 25 heavy (non-hydrogen) atoms. The number of carboxylic acids is 1. The van der Waals surface area contributed by atoms with Gasteiger partial charge in [-0.15, -0.1) is 0 Å². The van der Waals surface area contributed by atoms with Crippen molar-refractivity contribution in [3.63, 3.8) is 0 Å². The van der Waals surface area contributed by atoms with Crippen LogP contribution in [-0.4, -0.2) is 45.6 Å². The Bertz CT molecular complexity index is 774. The second-order valence-electron chi connectivity index (χ2n) is 5.86. The molecule has 1 aliphatic rings. The van der Waals surface area contributed by atoms with E-state index in [1.165, 1.54) is 17.2 Å². The molecule has 0 spiro atoms. The molecular formula is C18H17FN2O4. The van der Waals surface area contributed by atoms with Crippen molar-refractivity contribution in [3.05, 3.63) is 60.2 Å². The fourth-order valence-corrected chi connectivity index (χ4v) is 2.86. The molecule has 1 aromatic carbocycles. The maximum atomic E-state index is 13.7. The van der Waals surface area contributed by atoms with Crippen LogP contribution in [0.15, 0.2) is 48.8 Å². The molecule has 1 amide bonds. The Balaban J connectivity index is 1.73. The van der Waals surface area contributed by atoms with Gasteiger partial charge >= 0.3 is 5.97 Å². The van der Waals surface area contributed by atoms with E-state index in [1.54, 1.807) is 24.3 Å². The van der Waals surface area contributed by atoms with Gasteiger partial charge in [-0.3, -0.25) is 9.78 Å². The highest BCUT2D eigenvalue weighted by Gasteiger charge is 2.45. The largest absolute Gasteiger partial charge is 0.478 e.